The smallest absolute Gasteiger partial charge is 0.306 e. The van der Waals surface area contributed by atoms with Crippen molar-refractivity contribution in [2.75, 3.05) is 13.2 Å². The minimum absolute atomic E-state index is 0.0341. The molecule has 0 saturated heterocycles. The zero-order chi connectivity index (χ0) is 18.1. The Labute approximate surface area is 146 Å². The van der Waals surface area contributed by atoms with E-state index < -0.39 is 5.97 Å². The molecule has 25 heavy (non-hydrogen) atoms. The van der Waals surface area contributed by atoms with Crippen LogP contribution < -0.4 is 4.74 Å². The SMILES string of the molecule is CCOc1ccc(C(=O)CCC(=O)OCC(=O)c2ccccc2)cc1. The minimum atomic E-state index is -0.566. The van der Waals surface area contributed by atoms with Crippen molar-refractivity contribution in [3.63, 3.8) is 0 Å². The molecular weight excluding hydrogens is 320 g/mol. The predicted molar refractivity (Wildman–Crippen MR) is 92.9 cm³/mol. The Hall–Kier alpha value is -2.95. The Kier molecular flexibility index (Phi) is 6.89. The fourth-order valence-electron chi connectivity index (χ4n) is 2.19. The molecule has 2 aromatic rings. The first-order chi connectivity index (χ1) is 12.1. The number of carbonyl (C=O) groups excluding carboxylic acids is 3. The molecule has 0 aliphatic rings. The van der Waals surface area contributed by atoms with Gasteiger partial charge in [0.15, 0.2) is 18.2 Å². The molecule has 0 aromatic heterocycles. The molecule has 130 valence electrons. The predicted octanol–water partition coefficient (Wildman–Crippen LogP) is 3.47. The normalized spacial score (nSPS) is 10.1. The molecule has 2 aromatic carbocycles. The first-order valence-electron chi connectivity index (χ1n) is 8.10. The van der Waals surface area contributed by atoms with E-state index in [2.05, 4.69) is 0 Å². The van der Waals surface area contributed by atoms with Crippen molar-refractivity contribution < 1.29 is 23.9 Å². The van der Waals surface area contributed by atoms with Crippen LogP contribution in [0.4, 0.5) is 0 Å². The molecule has 0 aliphatic heterocycles. The molecule has 0 heterocycles. The van der Waals surface area contributed by atoms with Crippen molar-refractivity contribution in [1.29, 1.82) is 0 Å². The van der Waals surface area contributed by atoms with Crippen LogP contribution in [0.1, 0.15) is 40.5 Å². The largest absolute Gasteiger partial charge is 0.494 e. The highest BCUT2D eigenvalue weighted by molar-refractivity contribution is 5.99. The lowest BCUT2D eigenvalue weighted by molar-refractivity contribution is -0.142. The Balaban J connectivity index is 1.75. The molecule has 0 amide bonds. The van der Waals surface area contributed by atoms with Crippen molar-refractivity contribution in [2.24, 2.45) is 0 Å². The van der Waals surface area contributed by atoms with Gasteiger partial charge in [-0.25, -0.2) is 0 Å². The Morgan fingerprint density at radius 1 is 0.800 bits per heavy atom. The number of hydrogen-bond donors (Lipinski definition) is 0. The second kappa shape index (κ2) is 9.37. The van der Waals surface area contributed by atoms with E-state index in [1.807, 2.05) is 6.92 Å². The summed E-state index contributed by atoms with van der Waals surface area (Å²) < 4.78 is 10.2. The van der Waals surface area contributed by atoms with E-state index >= 15 is 0 Å². The Bertz CT molecular complexity index is 720. The molecule has 0 radical (unpaired) electrons. The quantitative estimate of drug-likeness (QED) is 0.516. The van der Waals surface area contributed by atoms with Crippen molar-refractivity contribution in [3.8, 4) is 5.75 Å². The lowest BCUT2D eigenvalue weighted by Gasteiger charge is -2.06. The number of carbonyl (C=O) groups is 3. The van der Waals surface area contributed by atoms with Crippen LogP contribution in [0, 0.1) is 0 Å². The fourth-order valence-corrected chi connectivity index (χ4v) is 2.19. The molecule has 0 saturated carbocycles. The van der Waals surface area contributed by atoms with Gasteiger partial charge in [0, 0.05) is 17.5 Å². The standard InChI is InChI=1S/C20H20O5/c1-2-24-17-10-8-16(9-11-17)18(21)12-13-20(23)25-14-19(22)15-6-4-3-5-7-15/h3-11H,2,12-14H2,1H3. The molecule has 0 aliphatic carbocycles. The van der Waals surface area contributed by atoms with Crippen LogP contribution in [-0.4, -0.2) is 30.7 Å². The molecule has 2 rings (SSSR count). The number of benzene rings is 2. The summed E-state index contributed by atoms with van der Waals surface area (Å²) in [5, 5.41) is 0. The van der Waals surface area contributed by atoms with E-state index in [4.69, 9.17) is 9.47 Å². The second-order valence-corrected chi connectivity index (χ2v) is 5.33. The lowest BCUT2D eigenvalue weighted by Crippen LogP contribution is -2.15. The van der Waals surface area contributed by atoms with Crippen molar-refractivity contribution in [3.05, 3.63) is 65.7 Å². The van der Waals surface area contributed by atoms with Crippen LogP contribution in [0.5, 0.6) is 5.75 Å². The maximum Gasteiger partial charge on any atom is 0.306 e. The molecule has 0 N–H and O–H groups in total. The van der Waals surface area contributed by atoms with E-state index in [9.17, 15) is 14.4 Å². The van der Waals surface area contributed by atoms with Crippen LogP contribution in [0.3, 0.4) is 0 Å². The monoisotopic (exact) mass is 340 g/mol. The highest BCUT2D eigenvalue weighted by Gasteiger charge is 2.13. The van der Waals surface area contributed by atoms with Crippen molar-refractivity contribution in [2.45, 2.75) is 19.8 Å². The average molecular weight is 340 g/mol. The van der Waals surface area contributed by atoms with Crippen LogP contribution in [0.15, 0.2) is 54.6 Å². The van der Waals surface area contributed by atoms with Gasteiger partial charge in [-0.05, 0) is 31.2 Å². The summed E-state index contributed by atoms with van der Waals surface area (Å²) in [5.41, 5.74) is 0.998. The van der Waals surface area contributed by atoms with Gasteiger partial charge in [0.1, 0.15) is 5.75 Å². The maximum absolute atomic E-state index is 12.1. The van der Waals surface area contributed by atoms with Gasteiger partial charge in [0.05, 0.1) is 13.0 Å². The summed E-state index contributed by atoms with van der Waals surface area (Å²) in [6, 6.07) is 15.4. The summed E-state index contributed by atoms with van der Waals surface area (Å²) in [7, 11) is 0. The number of esters is 1. The van der Waals surface area contributed by atoms with E-state index in [0.29, 0.717) is 23.5 Å². The minimum Gasteiger partial charge on any atom is -0.494 e. The third-order valence-electron chi connectivity index (χ3n) is 3.50. The number of hydrogen-bond acceptors (Lipinski definition) is 5. The summed E-state index contributed by atoms with van der Waals surface area (Å²) in [5.74, 6) is -0.303. The van der Waals surface area contributed by atoms with Gasteiger partial charge in [-0.15, -0.1) is 0 Å². The molecule has 0 bridgehead atoms. The van der Waals surface area contributed by atoms with Crippen molar-refractivity contribution in [1.82, 2.24) is 0 Å². The first-order valence-corrected chi connectivity index (χ1v) is 8.10. The fraction of sp³-hybridized carbons (Fsp3) is 0.250. The Morgan fingerprint density at radius 3 is 2.08 bits per heavy atom. The van der Waals surface area contributed by atoms with Gasteiger partial charge in [-0.3, -0.25) is 14.4 Å². The highest BCUT2D eigenvalue weighted by atomic mass is 16.5. The molecule has 0 unspecified atom stereocenters. The molecular formula is C20H20O5. The molecule has 5 heteroatoms. The molecule has 0 fully saturated rings. The third kappa shape index (κ3) is 5.88. The zero-order valence-electron chi connectivity index (χ0n) is 14.1. The van der Waals surface area contributed by atoms with Gasteiger partial charge in [-0.1, -0.05) is 30.3 Å². The Morgan fingerprint density at radius 2 is 1.44 bits per heavy atom. The van der Waals surface area contributed by atoms with Gasteiger partial charge < -0.3 is 9.47 Å². The summed E-state index contributed by atoms with van der Waals surface area (Å²) in [4.78, 5) is 35.6. The van der Waals surface area contributed by atoms with Crippen LogP contribution in [0.2, 0.25) is 0 Å². The maximum atomic E-state index is 12.1. The lowest BCUT2D eigenvalue weighted by atomic mass is 10.1. The zero-order valence-corrected chi connectivity index (χ0v) is 14.1. The van der Waals surface area contributed by atoms with E-state index in [1.54, 1.807) is 54.6 Å². The van der Waals surface area contributed by atoms with E-state index in [0.717, 1.165) is 0 Å². The van der Waals surface area contributed by atoms with Crippen molar-refractivity contribution >= 4 is 17.5 Å². The molecule has 5 nitrogen and oxygen atoms in total. The van der Waals surface area contributed by atoms with E-state index in [-0.39, 0.29) is 31.0 Å². The number of rotatable bonds is 9. The molecule has 0 atom stereocenters. The van der Waals surface area contributed by atoms with Gasteiger partial charge in [0.25, 0.3) is 0 Å². The van der Waals surface area contributed by atoms with E-state index in [1.165, 1.54) is 0 Å². The third-order valence-corrected chi connectivity index (χ3v) is 3.50. The van der Waals surface area contributed by atoms with Gasteiger partial charge in [0.2, 0.25) is 0 Å². The number of Topliss-reactive ketones (excluding diaryl/α,β-unsaturated/α-hetero) is 2. The average Bonchev–Trinajstić information content (AvgIpc) is 2.65. The summed E-state index contributed by atoms with van der Waals surface area (Å²) in [6.07, 6.45) is -0.0273. The number of ether oxygens (including phenoxy) is 2. The number of ketones is 2. The topological polar surface area (TPSA) is 69.7 Å². The molecule has 0 spiro atoms. The summed E-state index contributed by atoms with van der Waals surface area (Å²) in [6.45, 7) is 2.12. The second-order valence-electron chi connectivity index (χ2n) is 5.33. The van der Waals surface area contributed by atoms with Gasteiger partial charge in [-0.2, -0.15) is 0 Å². The van der Waals surface area contributed by atoms with Crippen LogP contribution in [0.25, 0.3) is 0 Å². The highest BCUT2D eigenvalue weighted by Crippen LogP contribution is 2.14. The van der Waals surface area contributed by atoms with Gasteiger partial charge >= 0.3 is 5.97 Å². The summed E-state index contributed by atoms with van der Waals surface area (Å²) >= 11 is 0. The van der Waals surface area contributed by atoms with Crippen LogP contribution in [-0.2, 0) is 9.53 Å². The van der Waals surface area contributed by atoms with Crippen LogP contribution >= 0.6 is 0 Å². The first kappa shape index (κ1) is 18.4.